The number of hydrogen-bond donors (Lipinski definition) is 1. The standard InChI is InChI=1S/C11H11ClO3S/c12-7-8-16(15)10-4-1-9(2-5-10)3-6-11(13)14/h1-6H,7-8H2,(H,13,14)/b6-3+. The SMILES string of the molecule is O=C(O)/C=C/c1ccc(S(=O)CCCl)cc1. The summed E-state index contributed by atoms with van der Waals surface area (Å²) in [4.78, 5) is 11.0. The highest BCUT2D eigenvalue weighted by atomic mass is 35.5. The van der Waals surface area contributed by atoms with Gasteiger partial charge in [0.15, 0.2) is 0 Å². The van der Waals surface area contributed by atoms with Crippen LogP contribution in [0.2, 0.25) is 0 Å². The van der Waals surface area contributed by atoms with Gasteiger partial charge in [-0.25, -0.2) is 4.79 Å². The van der Waals surface area contributed by atoms with Crippen molar-refractivity contribution in [3.05, 3.63) is 35.9 Å². The topological polar surface area (TPSA) is 54.4 Å². The van der Waals surface area contributed by atoms with Crippen molar-refractivity contribution in [1.82, 2.24) is 0 Å². The average Bonchev–Trinajstić information content (AvgIpc) is 2.27. The molecule has 0 bridgehead atoms. The highest BCUT2D eigenvalue weighted by Crippen LogP contribution is 2.10. The van der Waals surface area contributed by atoms with Gasteiger partial charge in [0.05, 0.1) is 10.8 Å². The molecule has 3 nitrogen and oxygen atoms in total. The molecule has 1 atom stereocenters. The lowest BCUT2D eigenvalue weighted by Crippen LogP contribution is -1.98. The van der Waals surface area contributed by atoms with E-state index in [-0.39, 0.29) is 0 Å². The van der Waals surface area contributed by atoms with Gasteiger partial charge in [-0.05, 0) is 23.8 Å². The lowest BCUT2D eigenvalue weighted by Gasteiger charge is -2.00. The summed E-state index contributed by atoms with van der Waals surface area (Å²) in [6, 6.07) is 6.87. The van der Waals surface area contributed by atoms with Crippen molar-refractivity contribution >= 4 is 34.4 Å². The third kappa shape index (κ3) is 4.16. The van der Waals surface area contributed by atoms with E-state index in [4.69, 9.17) is 16.7 Å². The molecule has 1 rings (SSSR count). The maximum absolute atomic E-state index is 11.5. The number of carbonyl (C=O) groups is 1. The van der Waals surface area contributed by atoms with Gasteiger partial charge in [-0.3, -0.25) is 4.21 Å². The molecule has 0 fully saturated rings. The number of rotatable bonds is 5. The van der Waals surface area contributed by atoms with Crippen molar-refractivity contribution < 1.29 is 14.1 Å². The molecule has 0 saturated heterocycles. The number of carboxylic acid groups (broad SMARTS) is 1. The second-order valence-corrected chi connectivity index (χ2v) is 4.93. The van der Waals surface area contributed by atoms with E-state index in [1.807, 2.05) is 0 Å². The van der Waals surface area contributed by atoms with Crippen LogP contribution in [0.5, 0.6) is 0 Å². The molecule has 5 heteroatoms. The molecular formula is C11H11ClO3S. The normalized spacial score (nSPS) is 12.8. The molecule has 0 aliphatic carbocycles. The Bertz CT molecular complexity index is 412. The smallest absolute Gasteiger partial charge is 0.328 e. The Morgan fingerprint density at radius 3 is 2.50 bits per heavy atom. The van der Waals surface area contributed by atoms with Crippen LogP contribution in [0.25, 0.3) is 6.08 Å². The summed E-state index contributed by atoms with van der Waals surface area (Å²) >= 11 is 5.49. The van der Waals surface area contributed by atoms with Crippen LogP contribution in [0, 0.1) is 0 Å². The van der Waals surface area contributed by atoms with Gasteiger partial charge >= 0.3 is 5.97 Å². The summed E-state index contributed by atoms with van der Waals surface area (Å²) in [7, 11) is -1.08. The van der Waals surface area contributed by atoms with Crippen LogP contribution in [0.15, 0.2) is 35.2 Å². The maximum Gasteiger partial charge on any atom is 0.328 e. The molecule has 1 N–H and O–H groups in total. The molecule has 0 aromatic heterocycles. The minimum absolute atomic E-state index is 0.354. The predicted molar refractivity (Wildman–Crippen MR) is 65.1 cm³/mol. The number of aliphatic carboxylic acids is 1. The van der Waals surface area contributed by atoms with Gasteiger partial charge in [-0.15, -0.1) is 11.6 Å². The molecular weight excluding hydrogens is 248 g/mol. The van der Waals surface area contributed by atoms with E-state index in [2.05, 4.69) is 0 Å². The van der Waals surface area contributed by atoms with Crippen LogP contribution in [0.1, 0.15) is 5.56 Å². The lowest BCUT2D eigenvalue weighted by atomic mass is 10.2. The van der Waals surface area contributed by atoms with E-state index in [0.29, 0.717) is 16.5 Å². The van der Waals surface area contributed by atoms with Crippen LogP contribution in [0.3, 0.4) is 0 Å². The van der Waals surface area contributed by atoms with Crippen molar-refractivity contribution in [1.29, 1.82) is 0 Å². The summed E-state index contributed by atoms with van der Waals surface area (Å²) < 4.78 is 11.5. The predicted octanol–water partition coefficient (Wildman–Crippen LogP) is 2.13. The maximum atomic E-state index is 11.5. The molecule has 86 valence electrons. The Morgan fingerprint density at radius 2 is 2.00 bits per heavy atom. The molecule has 0 aliphatic heterocycles. The summed E-state index contributed by atoms with van der Waals surface area (Å²) in [5.74, 6) is -0.214. The van der Waals surface area contributed by atoms with Gasteiger partial charge in [-0.1, -0.05) is 12.1 Å². The molecule has 16 heavy (non-hydrogen) atoms. The third-order valence-electron chi connectivity index (χ3n) is 1.82. The molecule has 1 aromatic rings. The number of alkyl halides is 1. The highest BCUT2D eigenvalue weighted by Gasteiger charge is 2.01. The first kappa shape index (κ1) is 12.9. The van der Waals surface area contributed by atoms with Gasteiger partial charge in [-0.2, -0.15) is 0 Å². The van der Waals surface area contributed by atoms with Crippen LogP contribution in [0.4, 0.5) is 0 Å². The molecule has 0 saturated carbocycles. The van der Waals surface area contributed by atoms with Crippen LogP contribution in [-0.2, 0) is 15.6 Å². The minimum atomic E-state index is -1.08. The van der Waals surface area contributed by atoms with E-state index in [1.54, 1.807) is 24.3 Å². The Balaban J connectivity index is 2.75. The van der Waals surface area contributed by atoms with Crippen LogP contribution < -0.4 is 0 Å². The zero-order valence-electron chi connectivity index (χ0n) is 8.43. The number of benzene rings is 1. The summed E-state index contributed by atoms with van der Waals surface area (Å²) in [5.41, 5.74) is 0.758. The first-order valence-corrected chi connectivity index (χ1v) is 6.44. The second kappa shape index (κ2) is 6.45. The average molecular weight is 259 g/mol. The highest BCUT2D eigenvalue weighted by molar-refractivity contribution is 7.85. The molecule has 0 heterocycles. The van der Waals surface area contributed by atoms with Gasteiger partial charge in [0.1, 0.15) is 0 Å². The van der Waals surface area contributed by atoms with Crippen molar-refractivity contribution in [3.8, 4) is 0 Å². The fourth-order valence-electron chi connectivity index (χ4n) is 1.09. The molecule has 0 aliphatic rings. The van der Waals surface area contributed by atoms with Crippen molar-refractivity contribution in [2.45, 2.75) is 4.90 Å². The van der Waals surface area contributed by atoms with E-state index < -0.39 is 16.8 Å². The van der Waals surface area contributed by atoms with Gasteiger partial charge in [0, 0.05) is 22.6 Å². The number of halogens is 1. The van der Waals surface area contributed by atoms with E-state index in [1.165, 1.54) is 6.08 Å². The zero-order chi connectivity index (χ0) is 12.0. The molecule has 0 spiro atoms. The Kier molecular flexibility index (Phi) is 5.22. The molecule has 0 radical (unpaired) electrons. The lowest BCUT2D eigenvalue weighted by molar-refractivity contribution is -0.131. The van der Waals surface area contributed by atoms with Crippen LogP contribution >= 0.6 is 11.6 Å². The first-order valence-electron chi connectivity index (χ1n) is 4.59. The Morgan fingerprint density at radius 1 is 1.38 bits per heavy atom. The van der Waals surface area contributed by atoms with Gasteiger partial charge in [0.25, 0.3) is 0 Å². The quantitative estimate of drug-likeness (QED) is 0.650. The van der Waals surface area contributed by atoms with Crippen molar-refractivity contribution in [2.24, 2.45) is 0 Å². The van der Waals surface area contributed by atoms with E-state index in [0.717, 1.165) is 11.6 Å². The van der Waals surface area contributed by atoms with Crippen LogP contribution in [-0.4, -0.2) is 26.9 Å². The molecule has 0 amide bonds. The summed E-state index contributed by atoms with van der Waals surface area (Å²) in [6.45, 7) is 0. The minimum Gasteiger partial charge on any atom is -0.478 e. The van der Waals surface area contributed by atoms with E-state index in [9.17, 15) is 9.00 Å². The first-order chi connectivity index (χ1) is 7.63. The van der Waals surface area contributed by atoms with Crippen molar-refractivity contribution in [3.63, 3.8) is 0 Å². The Hall–Kier alpha value is -1.13. The fraction of sp³-hybridized carbons (Fsp3) is 0.182. The fourth-order valence-corrected chi connectivity index (χ4v) is 2.32. The van der Waals surface area contributed by atoms with E-state index >= 15 is 0 Å². The summed E-state index contributed by atoms with van der Waals surface area (Å²) in [6.07, 6.45) is 2.54. The third-order valence-corrected chi connectivity index (χ3v) is 3.61. The Labute approximate surface area is 101 Å². The largest absolute Gasteiger partial charge is 0.478 e. The van der Waals surface area contributed by atoms with Gasteiger partial charge < -0.3 is 5.11 Å². The monoisotopic (exact) mass is 258 g/mol. The van der Waals surface area contributed by atoms with Gasteiger partial charge in [0.2, 0.25) is 0 Å². The molecule has 1 unspecified atom stereocenters. The van der Waals surface area contributed by atoms with Crippen molar-refractivity contribution in [2.75, 3.05) is 11.6 Å². The second-order valence-electron chi connectivity index (χ2n) is 2.98. The molecule has 1 aromatic carbocycles. The zero-order valence-corrected chi connectivity index (χ0v) is 10.0. The summed E-state index contributed by atoms with van der Waals surface area (Å²) in [5, 5.41) is 8.44. The number of carboxylic acids is 1. The number of hydrogen-bond acceptors (Lipinski definition) is 2.